The number of ether oxygens (including phenoxy) is 1. The van der Waals surface area contributed by atoms with Gasteiger partial charge in [-0.15, -0.1) is 0 Å². The predicted octanol–water partition coefficient (Wildman–Crippen LogP) is 2.26. The number of phenols is 1. The monoisotopic (exact) mass is 177 g/mol. The molecule has 1 radical (unpaired) electrons. The van der Waals surface area contributed by atoms with E-state index in [0.717, 1.165) is 5.39 Å². The van der Waals surface area contributed by atoms with Crippen LogP contribution in [0.25, 0.3) is 11.0 Å². The first-order chi connectivity index (χ1) is 6.22. The quantitative estimate of drug-likeness (QED) is 0.726. The highest BCUT2D eigenvalue weighted by molar-refractivity contribution is 5.85. The van der Waals surface area contributed by atoms with Crippen LogP contribution < -0.4 is 4.74 Å². The lowest BCUT2D eigenvalue weighted by molar-refractivity contribution is 0.371. The average molecular weight is 177 g/mol. The zero-order valence-electron chi connectivity index (χ0n) is 7.42. The van der Waals surface area contributed by atoms with Crippen LogP contribution in [-0.4, -0.2) is 12.2 Å². The molecule has 1 aromatic heterocycles. The van der Waals surface area contributed by atoms with Crippen molar-refractivity contribution in [2.45, 2.75) is 6.92 Å². The fraction of sp³-hybridized carbons (Fsp3) is 0.200. The number of benzene rings is 1. The first-order valence-electron chi connectivity index (χ1n) is 3.90. The van der Waals surface area contributed by atoms with Crippen LogP contribution in [0.15, 0.2) is 16.5 Å². The Morgan fingerprint density at radius 1 is 1.46 bits per heavy atom. The van der Waals surface area contributed by atoms with Crippen molar-refractivity contribution in [1.82, 2.24) is 0 Å². The number of rotatable bonds is 1. The van der Waals surface area contributed by atoms with Gasteiger partial charge in [-0.2, -0.15) is 0 Å². The minimum atomic E-state index is 0.0318. The number of furan rings is 1. The molecule has 0 fully saturated rings. The highest BCUT2D eigenvalue weighted by atomic mass is 16.5. The van der Waals surface area contributed by atoms with Crippen LogP contribution in [0, 0.1) is 13.0 Å². The van der Waals surface area contributed by atoms with Crippen molar-refractivity contribution in [2.75, 3.05) is 7.11 Å². The van der Waals surface area contributed by atoms with E-state index in [4.69, 9.17) is 9.15 Å². The van der Waals surface area contributed by atoms with E-state index >= 15 is 0 Å². The molecule has 3 heteroatoms. The van der Waals surface area contributed by atoms with Crippen LogP contribution in [0.4, 0.5) is 0 Å². The first kappa shape index (κ1) is 7.98. The van der Waals surface area contributed by atoms with Crippen LogP contribution in [-0.2, 0) is 0 Å². The van der Waals surface area contributed by atoms with E-state index in [1.807, 2.05) is 0 Å². The molecule has 2 rings (SSSR count). The molecule has 0 spiro atoms. The first-order valence-corrected chi connectivity index (χ1v) is 3.90. The lowest BCUT2D eigenvalue weighted by atomic mass is 10.2. The Labute approximate surface area is 75.5 Å². The fourth-order valence-corrected chi connectivity index (χ4v) is 1.29. The van der Waals surface area contributed by atoms with Gasteiger partial charge in [-0.1, -0.05) is 0 Å². The fourth-order valence-electron chi connectivity index (χ4n) is 1.29. The molecule has 0 aliphatic carbocycles. The minimum absolute atomic E-state index is 0.0318. The molecule has 0 saturated heterocycles. The van der Waals surface area contributed by atoms with Crippen LogP contribution in [0.5, 0.6) is 11.5 Å². The minimum Gasteiger partial charge on any atom is -0.502 e. The van der Waals surface area contributed by atoms with E-state index in [1.165, 1.54) is 7.11 Å². The van der Waals surface area contributed by atoms with E-state index in [1.54, 1.807) is 19.1 Å². The molecule has 1 aromatic carbocycles. The summed E-state index contributed by atoms with van der Waals surface area (Å²) in [6.45, 7) is 1.78. The second-order valence-electron chi connectivity index (χ2n) is 2.78. The molecule has 0 atom stereocenters. The smallest absolute Gasteiger partial charge is 0.202 e. The molecule has 0 unspecified atom stereocenters. The average Bonchev–Trinajstić information content (AvgIpc) is 2.47. The maximum Gasteiger partial charge on any atom is 0.202 e. The Kier molecular flexibility index (Phi) is 1.65. The van der Waals surface area contributed by atoms with Crippen molar-refractivity contribution >= 4 is 11.0 Å². The second kappa shape index (κ2) is 2.69. The van der Waals surface area contributed by atoms with Gasteiger partial charge in [0, 0.05) is 11.5 Å². The van der Waals surface area contributed by atoms with Gasteiger partial charge >= 0.3 is 0 Å². The largest absolute Gasteiger partial charge is 0.502 e. The maximum absolute atomic E-state index is 9.62. The van der Waals surface area contributed by atoms with Gasteiger partial charge in [0.25, 0.3) is 0 Å². The molecule has 0 aliphatic rings. The topological polar surface area (TPSA) is 42.6 Å². The molecule has 2 aromatic rings. The number of aryl methyl sites for hydroxylation is 1. The van der Waals surface area contributed by atoms with Crippen LogP contribution in [0.3, 0.4) is 0 Å². The molecule has 3 nitrogen and oxygen atoms in total. The van der Waals surface area contributed by atoms with Crippen molar-refractivity contribution < 1.29 is 14.3 Å². The molecular formula is C10H9O3. The maximum atomic E-state index is 9.62. The number of hydrogen-bond donors (Lipinski definition) is 1. The summed E-state index contributed by atoms with van der Waals surface area (Å²) in [5.41, 5.74) is 0.428. The molecule has 1 heterocycles. The third-order valence-corrected chi connectivity index (χ3v) is 1.88. The Hall–Kier alpha value is -1.64. The van der Waals surface area contributed by atoms with Crippen molar-refractivity contribution in [3.63, 3.8) is 0 Å². The van der Waals surface area contributed by atoms with Crippen molar-refractivity contribution in [1.29, 1.82) is 0 Å². The Morgan fingerprint density at radius 3 is 2.92 bits per heavy atom. The summed E-state index contributed by atoms with van der Waals surface area (Å²) in [5, 5.41) is 10.4. The lowest BCUT2D eigenvalue weighted by Gasteiger charge is -2.01. The van der Waals surface area contributed by atoms with Gasteiger partial charge in [-0.05, 0) is 19.1 Å². The van der Waals surface area contributed by atoms with Crippen molar-refractivity contribution in [3.05, 3.63) is 24.0 Å². The standard InChI is InChI=1S/C10H9O3/c1-6-5-7-3-4-8(12-2)9(11)10(7)13-6/h3-4,11H,1-2H3. The van der Waals surface area contributed by atoms with Crippen LogP contribution in [0.1, 0.15) is 5.76 Å². The van der Waals surface area contributed by atoms with E-state index in [-0.39, 0.29) is 5.75 Å². The highest BCUT2D eigenvalue weighted by Gasteiger charge is 2.10. The summed E-state index contributed by atoms with van der Waals surface area (Å²) >= 11 is 0. The van der Waals surface area contributed by atoms with Gasteiger partial charge in [0.1, 0.15) is 5.76 Å². The number of aromatic hydroxyl groups is 1. The summed E-state index contributed by atoms with van der Waals surface area (Å²) < 4.78 is 10.2. The van der Waals surface area contributed by atoms with Gasteiger partial charge in [-0.25, -0.2) is 0 Å². The molecular weight excluding hydrogens is 168 g/mol. The zero-order valence-corrected chi connectivity index (χ0v) is 7.42. The van der Waals surface area contributed by atoms with Gasteiger partial charge in [-0.3, -0.25) is 0 Å². The number of hydrogen-bond acceptors (Lipinski definition) is 3. The summed E-state index contributed by atoms with van der Waals surface area (Å²) in [5.74, 6) is 1.10. The Bertz CT molecular complexity index is 443. The number of fused-ring (bicyclic) bond motifs is 1. The summed E-state index contributed by atoms with van der Waals surface area (Å²) in [6.07, 6.45) is 0. The van der Waals surface area contributed by atoms with Gasteiger partial charge < -0.3 is 14.3 Å². The van der Waals surface area contributed by atoms with Gasteiger partial charge in [0.05, 0.1) is 7.11 Å². The SMILES string of the molecule is COc1ccc2[c]c(C)oc2c1O. The predicted molar refractivity (Wildman–Crippen MR) is 48.0 cm³/mol. The van der Waals surface area contributed by atoms with E-state index < -0.39 is 0 Å². The number of methoxy groups -OCH3 is 1. The van der Waals surface area contributed by atoms with Crippen molar-refractivity contribution in [2.24, 2.45) is 0 Å². The highest BCUT2D eigenvalue weighted by Crippen LogP contribution is 2.35. The van der Waals surface area contributed by atoms with E-state index in [2.05, 4.69) is 6.07 Å². The molecule has 67 valence electrons. The summed E-state index contributed by atoms with van der Waals surface area (Å²) in [7, 11) is 1.50. The van der Waals surface area contributed by atoms with Crippen LogP contribution in [0.2, 0.25) is 0 Å². The lowest BCUT2D eigenvalue weighted by Crippen LogP contribution is -1.82. The third-order valence-electron chi connectivity index (χ3n) is 1.88. The molecule has 1 N–H and O–H groups in total. The van der Waals surface area contributed by atoms with Crippen molar-refractivity contribution in [3.8, 4) is 11.5 Å². The normalized spacial score (nSPS) is 10.6. The Morgan fingerprint density at radius 2 is 2.23 bits per heavy atom. The Balaban J connectivity index is 2.78. The molecule has 0 saturated carbocycles. The number of phenolic OH excluding ortho intramolecular Hbond substituents is 1. The summed E-state index contributed by atoms with van der Waals surface area (Å²) in [4.78, 5) is 0. The van der Waals surface area contributed by atoms with Crippen LogP contribution >= 0.6 is 0 Å². The molecule has 0 aliphatic heterocycles. The second-order valence-corrected chi connectivity index (χ2v) is 2.78. The van der Waals surface area contributed by atoms with Gasteiger partial charge in [0.2, 0.25) is 5.75 Å². The molecule has 13 heavy (non-hydrogen) atoms. The zero-order chi connectivity index (χ0) is 9.42. The summed E-state index contributed by atoms with van der Waals surface area (Å²) in [6, 6.07) is 6.45. The molecule has 0 amide bonds. The van der Waals surface area contributed by atoms with E-state index in [0.29, 0.717) is 17.1 Å². The third kappa shape index (κ3) is 1.13. The molecule has 0 bridgehead atoms. The van der Waals surface area contributed by atoms with Gasteiger partial charge in [0.15, 0.2) is 11.3 Å². The van der Waals surface area contributed by atoms with E-state index in [9.17, 15) is 5.11 Å².